The first-order chi connectivity index (χ1) is 12.5. The van der Waals surface area contributed by atoms with Gasteiger partial charge < -0.3 is 15.4 Å². The summed E-state index contributed by atoms with van der Waals surface area (Å²) in [6.45, 7) is 1.62. The number of esters is 1. The Morgan fingerprint density at radius 2 is 1.62 bits per heavy atom. The van der Waals surface area contributed by atoms with E-state index in [2.05, 4.69) is 10.6 Å². The van der Waals surface area contributed by atoms with E-state index in [1.807, 2.05) is 30.3 Å². The molecule has 0 aliphatic carbocycles. The Labute approximate surface area is 152 Å². The molecule has 0 unspecified atom stereocenters. The zero-order valence-electron chi connectivity index (χ0n) is 14.7. The predicted molar refractivity (Wildman–Crippen MR) is 98.6 cm³/mol. The molecule has 2 aromatic carbocycles. The van der Waals surface area contributed by atoms with Gasteiger partial charge in [-0.2, -0.15) is 0 Å². The van der Waals surface area contributed by atoms with Gasteiger partial charge in [0.1, 0.15) is 0 Å². The van der Waals surface area contributed by atoms with E-state index in [9.17, 15) is 14.4 Å². The molecule has 0 aromatic heterocycles. The smallest absolute Gasteiger partial charge is 0.310 e. The number of carbonyl (C=O) groups excluding carboxylic acids is 3. The average Bonchev–Trinajstić information content (AvgIpc) is 2.62. The van der Waals surface area contributed by atoms with Crippen molar-refractivity contribution >= 4 is 23.5 Å². The van der Waals surface area contributed by atoms with Crippen LogP contribution in [0.4, 0.5) is 5.69 Å². The second kappa shape index (κ2) is 9.98. The fourth-order valence-electron chi connectivity index (χ4n) is 2.31. The van der Waals surface area contributed by atoms with Crippen LogP contribution < -0.4 is 10.6 Å². The highest BCUT2D eigenvalue weighted by Crippen LogP contribution is 2.10. The monoisotopic (exact) mass is 354 g/mol. The molecule has 0 fully saturated rings. The third kappa shape index (κ3) is 7.17. The highest BCUT2D eigenvalue weighted by Gasteiger charge is 2.08. The van der Waals surface area contributed by atoms with E-state index in [4.69, 9.17) is 4.74 Å². The Morgan fingerprint density at radius 3 is 2.27 bits per heavy atom. The van der Waals surface area contributed by atoms with Gasteiger partial charge in [0.05, 0.1) is 6.42 Å². The van der Waals surface area contributed by atoms with Crippen LogP contribution in [0.25, 0.3) is 0 Å². The molecule has 0 spiro atoms. The summed E-state index contributed by atoms with van der Waals surface area (Å²) in [4.78, 5) is 34.5. The van der Waals surface area contributed by atoms with Gasteiger partial charge in [0.25, 0.3) is 5.91 Å². The number of hydrogen-bond acceptors (Lipinski definition) is 4. The van der Waals surface area contributed by atoms with E-state index in [1.165, 1.54) is 6.92 Å². The lowest BCUT2D eigenvalue weighted by Gasteiger charge is -2.07. The summed E-state index contributed by atoms with van der Waals surface area (Å²) in [6.07, 6.45) is 0.790. The largest absolute Gasteiger partial charge is 0.455 e. The summed E-state index contributed by atoms with van der Waals surface area (Å²) in [7, 11) is 0. The summed E-state index contributed by atoms with van der Waals surface area (Å²) >= 11 is 0. The lowest BCUT2D eigenvalue weighted by molar-refractivity contribution is -0.147. The van der Waals surface area contributed by atoms with Gasteiger partial charge in [-0.05, 0) is 29.7 Å². The van der Waals surface area contributed by atoms with Gasteiger partial charge in [0, 0.05) is 19.2 Å². The molecule has 0 aliphatic rings. The first-order valence-corrected chi connectivity index (χ1v) is 8.35. The molecule has 2 rings (SSSR count). The van der Waals surface area contributed by atoms with E-state index in [0.717, 1.165) is 17.5 Å². The van der Waals surface area contributed by atoms with E-state index in [-0.39, 0.29) is 24.8 Å². The Morgan fingerprint density at radius 1 is 0.923 bits per heavy atom. The van der Waals surface area contributed by atoms with Crippen molar-refractivity contribution in [2.45, 2.75) is 19.8 Å². The number of anilines is 1. The minimum Gasteiger partial charge on any atom is -0.455 e. The third-order valence-electron chi connectivity index (χ3n) is 3.57. The second-order valence-corrected chi connectivity index (χ2v) is 5.80. The normalized spacial score (nSPS) is 10.0. The van der Waals surface area contributed by atoms with Crippen molar-refractivity contribution in [3.63, 3.8) is 0 Å². The topological polar surface area (TPSA) is 84.5 Å². The molecule has 0 saturated carbocycles. The van der Waals surface area contributed by atoms with Crippen LogP contribution in [-0.2, 0) is 32.0 Å². The number of amides is 2. The quantitative estimate of drug-likeness (QED) is 0.711. The molecule has 2 amide bonds. The number of ether oxygens (including phenoxy) is 1. The Kier molecular flexibility index (Phi) is 7.36. The van der Waals surface area contributed by atoms with Gasteiger partial charge in [-0.15, -0.1) is 0 Å². The van der Waals surface area contributed by atoms with Crippen molar-refractivity contribution in [1.82, 2.24) is 5.32 Å². The van der Waals surface area contributed by atoms with Gasteiger partial charge >= 0.3 is 5.97 Å². The maximum atomic E-state index is 11.8. The minimum atomic E-state index is -0.476. The fourth-order valence-corrected chi connectivity index (χ4v) is 2.31. The van der Waals surface area contributed by atoms with Crippen LogP contribution in [0.2, 0.25) is 0 Å². The van der Waals surface area contributed by atoms with Crippen LogP contribution in [0.1, 0.15) is 18.1 Å². The van der Waals surface area contributed by atoms with Crippen LogP contribution >= 0.6 is 0 Å². The van der Waals surface area contributed by atoms with Crippen LogP contribution in [0.15, 0.2) is 54.6 Å². The molecule has 2 aromatic rings. The van der Waals surface area contributed by atoms with Crippen LogP contribution in [-0.4, -0.2) is 30.9 Å². The molecular formula is C20H22N2O4. The molecule has 0 aliphatic heterocycles. The molecule has 0 saturated heterocycles. The maximum absolute atomic E-state index is 11.8. The van der Waals surface area contributed by atoms with Crippen molar-refractivity contribution in [2.24, 2.45) is 0 Å². The molecule has 26 heavy (non-hydrogen) atoms. The molecule has 2 N–H and O–H groups in total. The lowest BCUT2D eigenvalue weighted by Crippen LogP contribution is -2.30. The van der Waals surface area contributed by atoms with Crippen molar-refractivity contribution in [1.29, 1.82) is 0 Å². The highest BCUT2D eigenvalue weighted by atomic mass is 16.5. The van der Waals surface area contributed by atoms with Gasteiger partial charge in [0.15, 0.2) is 6.61 Å². The summed E-state index contributed by atoms with van der Waals surface area (Å²) in [6, 6.07) is 16.7. The Balaban J connectivity index is 1.66. The number of hydrogen-bond donors (Lipinski definition) is 2. The predicted octanol–water partition coefficient (Wildman–Crippen LogP) is 2.09. The van der Waals surface area contributed by atoms with Crippen molar-refractivity contribution in [3.8, 4) is 0 Å². The first kappa shape index (κ1) is 19.2. The molecule has 0 atom stereocenters. The molecule has 6 heteroatoms. The molecule has 6 nitrogen and oxygen atoms in total. The summed E-state index contributed by atoms with van der Waals surface area (Å²) in [5.41, 5.74) is 2.54. The second-order valence-electron chi connectivity index (χ2n) is 5.80. The van der Waals surface area contributed by atoms with Gasteiger partial charge in [0.2, 0.25) is 5.91 Å². The zero-order chi connectivity index (χ0) is 18.8. The molecule has 0 radical (unpaired) electrons. The van der Waals surface area contributed by atoms with Crippen molar-refractivity contribution in [2.75, 3.05) is 18.5 Å². The van der Waals surface area contributed by atoms with E-state index in [0.29, 0.717) is 12.2 Å². The summed E-state index contributed by atoms with van der Waals surface area (Å²) < 4.78 is 4.98. The van der Waals surface area contributed by atoms with Crippen LogP contribution in [0.3, 0.4) is 0 Å². The summed E-state index contributed by atoms with van der Waals surface area (Å²) in [5, 5.41) is 5.37. The SMILES string of the molecule is CC(=O)Nc1ccc(CC(=O)OCC(=O)NCCc2ccccc2)cc1. The van der Waals surface area contributed by atoms with Crippen LogP contribution in [0.5, 0.6) is 0 Å². The minimum absolute atomic E-state index is 0.0671. The summed E-state index contributed by atoms with van der Waals surface area (Å²) in [5.74, 6) is -0.957. The lowest BCUT2D eigenvalue weighted by atomic mass is 10.1. The molecule has 136 valence electrons. The highest BCUT2D eigenvalue weighted by molar-refractivity contribution is 5.88. The maximum Gasteiger partial charge on any atom is 0.310 e. The molecule has 0 heterocycles. The Hall–Kier alpha value is -3.15. The molecular weight excluding hydrogens is 332 g/mol. The van der Waals surface area contributed by atoms with Gasteiger partial charge in [-0.1, -0.05) is 42.5 Å². The molecule has 0 bridgehead atoms. The zero-order valence-corrected chi connectivity index (χ0v) is 14.7. The number of carbonyl (C=O) groups is 3. The van der Waals surface area contributed by atoms with E-state index >= 15 is 0 Å². The van der Waals surface area contributed by atoms with Crippen molar-refractivity contribution < 1.29 is 19.1 Å². The van der Waals surface area contributed by atoms with Crippen molar-refractivity contribution in [3.05, 3.63) is 65.7 Å². The fraction of sp³-hybridized carbons (Fsp3) is 0.250. The average molecular weight is 354 g/mol. The van der Waals surface area contributed by atoms with E-state index < -0.39 is 5.97 Å². The van der Waals surface area contributed by atoms with Gasteiger partial charge in [-0.25, -0.2) is 0 Å². The number of benzene rings is 2. The Bertz CT molecular complexity index is 742. The number of nitrogens with one attached hydrogen (secondary N) is 2. The third-order valence-corrected chi connectivity index (χ3v) is 3.57. The standard InChI is InChI=1S/C20H22N2O4/c1-15(23)22-18-9-7-17(8-10-18)13-20(25)26-14-19(24)21-12-11-16-5-3-2-4-6-16/h2-10H,11-14H2,1H3,(H,21,24)(H,22,23). The number of rotatable bonds is 8. The van der Waals surface area contributed by atoms with Crippen LogP contribution in [0, 0.1) is 0 Å². The van der Waals surface area contributed by atoms with E-state index in [1.54, 1.807) is 24.3 Å². The first-order valence-electron chi connectivity index (χ1n) is 8.35. The van der Waals surface area contributed by atoms with Gasteiger partial charge in [-0.3, -0.25) is 14.4 Å².